The third-order valence-electron chi connectivity index (χ3n) is 4.87. The molecule has 1 aromatic heterocycles. The molecule has 0 aliphatic carbocycles. The summed E-state index contributed by atoms with van der Waals surface area (Å²) >= 11 is 0. The van der Waals surface area contributed by atoms with E-state index in [1.54, 1.807) is 0 Å². The zero-order chi connectivity index (χ0) is 20.6. The number of nitrogens with zero attached hydrogens (tertiary/aromatic N) is 3. The summed E-state index contributed by atoms with van der Waals surface area (Å²) in [7, 11) is 0. The van der Waals surface area contributed by atoms with Gasteiger partial charge < -0.3 is 15.3 Å². The van der Waals surface area contributed by atoms with Crippen molar-refractivity contribution in [3.8, 4) is 11.4 Å². The fraction of sp³-hybridized carbons (Fsp3) is 0.250. The van der Waals surface area contributed by atoms with Gasteiger partial charge in [0.05, 0.1) is 17.1 Å². The molecule has 2 N–H and O–H groups in total. The number of aromatic nitrogens is 2. The molecule has 1 atom stereocenters. The Morgan fingerprint density at radius 2 is 1.83 bits per heavy atom. The van der Waals surface area contributed by atoms with Crippen molar-refractivity contribution in [2.24, 2.45) is 0 Å². The first-order valence-corrected chi connectivity index (χ1v) is 9.00. The maximum absolute atomic E-state index is 12.8. The lowest BCUT2D eigenvalue weighted by Gasteiger charge is -2.20. The van der Waals surface area contributed by atoms with Gasteiger partial charge in [0.25, 0.3) is 0 Å². The van der Waals surface area contributed by atoms with Crippen LogP contribution in [0.3, 0.4) is 0 Å². The molecule has 1 aliphatic heterocycles. The molecule has 3 aromatic rings. The number of hydrogen-bond acceptors (Lipinski definition) is 4. The van der Waals surface area contributed by atoms with Gasteiger partial charge in [-0.05, 0) is 30.7 Å². The van der Waals surface area contributed by atoms with Gasteiger partial charge in [0.1, 0.15) is 5.82 Å². The summed E-state index contributed by atoms with van der Waals surface area (Å²) in [6.07, 6.45) is -4.84. The van der Waals surface area contributed by atoms with Crippen LogP contribution in [0.15, 0.2) is 48.5 Å². The molecule has 0 radical (unpaired) electrons. The highest BCUT2D eigenvalue weighted by Gasteiger charge is 2.30. The van der Waals surface area contributed by atoms with Crippen LogP contribution in [0.2, 0.25) is 0 Å². The number of benzene rings is 2. The molecule has 0 spiro atoms. The van der Waals surface area contributed by atoms with Crippen LogP contribution in [-0.4, -0.2) is 40.3 Å². The molecule has 1 amide bonds. The van der Waals surface area contributed by atoms with Crippen LogP contribution in [0.25, 0.3) is 22.3 Å². The number of rotatable bonds is 3. The van der Waals surface area contributed by atoms with Crippen molar-refractivity contribution in [2.45, 2.75) is 18.6 Å². The Balaban J connectivity index is 1.73. The van der Waals surface area contributed by atoms with E-state index in [9.17, 15) is 18.0 Å². The summed E-state index contributed by atoms with van der Waals surface area (Å²) in [4.78, 5) is 22.0. The molecule has 4 rings (SSSR count). The summed E-state index contributed by atoms with van der Waals surface area (Å²) in [5.41, 5.74) is 0.413. The van der Waals surface area contributed by atoms with Gasteiger partial charge in [-0.1, -0.05) is 24.3 Å². The van der Waals surface area contributed by atoms with Crippen molar-refractivity contribution >= 4 is 22.8 Å². The smallest absolute Gasteiger partial charge is 0.416 e. The number of fused-ring (bicyclic) bond motifs is 1. The number of halogens is 3. The molecule has 29 heavy (non-hydrogen) atoms. The molecule has 0 bridgehead atoms. The molecule has 6 nitrogen and oxygen atoms in total. The van der Waals surface area contributed by atoms with Crippen LogP contribution in [0.1, 0.15) is 12.0 Å². The fourth-order valence-corrected chi connectivity index (χ4v) is 3.48. The van der Waals surface area contributed by atoms with Gasteiger partial charge in [-0.25, -0.2) is 14.8 Å². The standard InChI is InChI=1S/C20H17F3N4O2/c21-20(22,23)13-7-5-12(6-8-13)17-25-16-4-2-1-3-15(16)18(26-17)27-10-9-14(11-27)24-19(28)29/h1-8,14,24H,9-11H2,(H,28,29). The Hall–Kier alpha value is -3.36. The van der Waals surface area contributed by atoms with Gasteiger partial charge >= 0.3 is 12.3 Å². The van der Waals surface area contributed by atoms with Crippen molar-refractivity contribution in [3.05, 3.63) is 54.1 Å². The first-order valence-electron chi connectivity index (χ1n) is 9.00. The minimum Gasteiger partial charge on any atom is -0.465 e. The van der Waals surface area contributed by atoms with Gasteiger partial charge in [0.2, 0.25) is 0 Å². The minimum absolute atomic E-state index is 0.212. The number of para-hydroxylation sites is 1. The zero-order valence-electron chi connectivity index (χ0n) is 15.1. The number of alkyl halides is 3. The van der Waals surface area contributed by atoms with E-state index in [0.29, 0.717) is 42.2 Å². The van der Waals surface area contributed by atoms with Crippen molar-refractivity contribution in [2.75, 3.05) is 18.0 Å². The lowest BCUT2D eigenvalue weighted by molar-refractivity contribution is -0.137. The van der Waals surface area contributed by atoms with Crippen LogP contribution >= 0.6 is 0 Å². The number of carboxylic acid groups (broad SMARTS) is 1. The highest BCUT2D eigenvalue weighted by Crippen LogP contribution is 2.32. The Morgan fingerprint density at radius 3 is 2.52 bits per heavy atom. The summed E-state index contributed by atoms with van der Waals surface area (Å²) in [6.45, 7) is 1.07. The Morgan fingerprint density at radius 1 is 1.10 bits per heavy atom. The third kappa shape index (κ3) is 3.94. The van der Waals surface area contributed by atoms with Gasteiger partial charge in [-0.15, -0.1) is 0 Å². The Kier molecular flexibility index (Phi) is 4.73. The van der Waals surface area contributed by atoms with E-state index in [1.165, 1.54) is 12.1 Å². The normalized spacial score (nSPS) is 16.9. The van der Waals surface area contributed by atoms with Crippen LogP contribution in [0.4, 0.5) is 23.8 Å². The Bertz CT molecular complexity index is 1050. The highest BCUT2D eigenvalue weighted by molar-refractivity contribution is 5.91. The largest absolute Gasteiger partial charge is 0.465 e. The quantitative estimate of drug-likeness (QED) is 0.688. The van der Waals surface area contributed by atoms with E-state index < -0.39 is 17.8 Å². The molecule has 1 aliphatic rings. The van der Waals surface area contributed by atoms with Gasteiger partial charge in [-0.3, -0.25) is 0 Å². The van der Waals surface area contributed by atoms with E-state index >= 15 is 0 Å². The monoisotopic (exact) mass is 402 g/mol. The van der Waals surface area contributed by atoms with E-state index in [0.717, 1.165) is 17.5 Å². The van der Waals surface area contributed by atoms with E-state index in [-0.39, 0.29) is 6.04 Å². The molecule has 0 saturated carbocycles. The van der Waals surface area contributed by atoms with Crippen molar-refractivity contribution in [3.63, 3.8) is 0 Å². The second-order valence-electron chi connectivity index (χ2n) is 6.84. The molecule has 150 valence electrons. The van der Waals surface area contributed by atoms with Crippen molar-refractivity contribution in [1.29, 1.82) is 0 Å². The fourth-order valence-electron chi connectivity index (χ4n) is 3.48. The highest BCUT2D eigenvalue weighted by atomic mass is 19.4. The van der Waals surface area contributed by atoms with Crippen LogP contribution in [0.5, 0.6) is 0 Å². The van der Waals surface area contributed by atoms with Crippen LogP contribution in [-0.2, 0) is 6.18 Å². The van der Waals surface area contributed by atoms with Crippen molar-refractivity contribution < 1.29 is 23.1 Å². The molecule has 2 heterocycles. The molecule has 1 saturated heterocycles. The first kappa shape index (κ1) is 19.0. The molecule has 1 fully saturated rings. The van der Waals surface area contributed by atoms with E-state index in [1.807, 2.05) is 29.2 Å². The molecule has 9 heteroatoms. The molecule has 1 unspecified atom stereocenters. The predicted octanol–water partition coefficient (Wildman–Crippen LogP) is 4.16. The summed E-state index contributed by atoms with van der Waals surface area (Å²) in [6, 6.07) is 11.9. The number of nitrogens with one attached hydrogen (secondary N) is 1. The SMILES string of the molecule is O=C(O)NC1CCN(c2nc(-c3ccc(C(F)(F)F)cc3)nc3ccccc23)C1. The van der Waals surface area contributed by atoms with Crippen molar-refractivity contribution in [1.82, 2.24) is 15.3 Å². The zero-order valence-corrected chi connectivity index (χ0v) is 15.1. The predicted molar refractivity (Wildman–Crippen MR) is 102 cm³/mol. The lowest BCUT2D eigenvalue weighted by Crippen LogP contribution is -2.36. The average Bonchev–Trinajstić information content (AvgIpc) is 3.14. The number of anilines is 1. The first-order chi connectivity index (χ1) is 13.8. The van der Waals surface area contributed by atoms with Crippen LogP contribution < -0.4 is 10.2 Å². The van der Waals surface area contributed by atoms with Gasteiger partial charge in [-0.2, -0.15) is 13.2 Å². The molecule has 2 aromatic carbocycles. The third-order valence-corrected chi connectivity index (χ3v) is 4.87. The maximum Gasteiger partial charge on any atom is 0.416 e. The second-order valence-corrected chi connectivity index (χ2v) is 6.84. The maximum atomic E-state index is 12.8. The average molecular weight is 402 g/mol. The van der Waals surface area contributed by atoms with E-state index in [4.69, 9.17) is 5.11 Å². The van der Waals surface area contributed by atoms with E-state index in [2.05, 4.69) is 15.3 Å². The Labute approximate surface area is 164 Å². The summed E-state index contributed by atoms with van der Waals surface area (Å²) < 4.78 is 38.5. The topological polar surface area (TPSA) is 78.4 Å². The second kappa shape index (κ2) is 7.23. The van der Waals surface area contributed by atoms with Crippen LogP contribution in [0, 0.1) is 0 Å². The minimum atomic E-state index is -4.41. The number of amides is 1. The number of hydrogen-bond donors (Lipinski definition) is 2. The number of carbonyl (C=O) groups is 1. The lowest BCUT2D eigenvalue weighted by atomic mass is 10.1. The van der Waals surface area contributed by atoms with Gasteiger partial charge in [0.15, 0.2) is 5.82 Å². The summed E-state index contributed by atoms with van der Waals surface area (Å²) in [5, 5.41) is 12.2. The molecular weight excluding hydrogens is 385 g/mol. The van der Waals surface area contributed by atoms with Gasteiger partial charge in [0, 0.05) is 24.0 Å². The molecular formula is C20H17F3N4O2. The summed E-state index contributed by atoms with van der Waals surface area (Å²) in [5.74, 6) is 0.960.